The molecule has 4 heteroatoms. The van der Waals surface area contributed by atoms with Crippen LogP contribution >= 0.6 is 0 Å². The molecule has 4 nitrogen and oxygen atoms in total. The van der Waals surface area contributed by atoms with Crippen LogP contribution in [0.25, 0.3) is 0 Å². The molecule has 2 fully saturated rings. The standard InChI is InChI=1S/C17H27N3O/c1-12-10-20(11-17(3,4)21-12)16-8-5-14(13(2)19-16)9-18-15-6-7-15/h5,8,12,15,18H,6-7,9-11H2,1-4H3. The third kappa shape index (κ3) is 3.74. The Kier molecular flexibility index (Phi) is 3.93. The predicted octanol–water partition coefficient (Wildman–Crippen LogP) is 2.65. The first kappa shape index (κ1) is 14.8. The number of aromatic nitrogens is 1. The molecule has 1 aromatic heterocycles. The van der Waals surface area contributed by atoms with Crippen LogP contribution in [0.4, 0.5) is 5.82 Å². The molecule has 21 heavy (non-hydrogen) atoms. The van der Waals surface area contributed by atoms with Gasteiger partial charge >= 0.3 is 0 Å². The second-order valence-corrected chi connectivity index (χ2v) is 7.14. The summed E-state index contributed by atoms with van der Waals surface area (Å²) in [6.45, 7) is 11.3. The fraction of sp³-hybridized carbons (Fsp3) is 0.706. The number of aryl methyl sites for hydroxylation is 1. The van der Waals surface area contributed by atoms with Gasteiger partial charge in [0.05, 0.1) is 11.7 Å². The summed E-state index contributed by atoms with van der Waals surface area (Å²) in [5.41, 5.74) is 2.34. The maximum atomic E-state index is 5.97. The molecule has 1 aliphatic carbocycles. The molecule has 0 radical (unpaired) electrons. The van der Waals surface area contributed by atoms with Crippen LogP contribution in [-0.4, -0.2) is 35.8 Å². The Hall–Kier alpha value is -1.13. The van der Waals surface area contributed by atoms with Crippen LogP contribution in [0, 0.1) is 6.92 Å². The topological polar surface area (TPSA) is 37.4 Å². The van der Waals surface area contributed by atoms with Crippen molar-refractivity contribution in [2.75, 3.05) is 18.0 Å². The minimum atomic E-state index is -0.112. The van der Waals surface area contributed by atoms with E-state index in [2.05, 4.69) is 50.0 Å². The molecule has 116 valence electrons. The molecule has 1 atom stereocenters. The molecule has 3 rings (SSSR count). The third-order valence-corrected chi connectivity index (χ3v) is 4.23. The van der Waals surface area contributed by atoms with Gasteiger partial charge in [0, 0.05) is 31.4 Å². The molecule has 1 N–H and O–H groups in total. The molecule has 0 aromatic carbocycles. The van der Waals surface area contributed by atoms with Crippen molar-refractivity contribution in [1.82, 2.24) is 10.3 Å². The number of hydrogen-bond acceptors (Lipinski definition) is 4. The zero-order valence-corrected chi connectivity index (χ0v) is 13.6. The maximum absolute atomic E-state index is 5.97. The lowest BCUT2D eigenvalue weighted by Crippen LogP contribution is -2.52. The number of hydrogen-bond donors (Lipinski definition) is 1. The van der Waals surface area contributed by atoms with Gasteiger partial charge in [0.25, 0.3) is 0 Å². The van der Waals surface area contributed by atoms with Gasteiger partial charge in [-0.25, -0.2) is 4.98 Å². The van der Waals surface area contributed by atoms with Crippen molar-refractivity contribution < 1.29 is 4.74 Å². The lowest BCUT2D eigenvalue weighted by atomic mass is 10.1. The lowest BCUT2D eigenvalue weighted by Gasteiger charge is -2.42. The largest absolute Gasteiger partial charge is 0.369 e. The van der Waals surface area contributed by atoms with Gasteiger partial charge in [0.1, 0.15) is 5.82 Å². The summed E-state index contributed by atoms with van der Waals surface area (Å²) in [5.74, 6) is 1.07. The molecular weight excluding hydrogens is 262 g/mol. The highest BCUT2D eigenvalue weighted by Crippen LogP contribution is 2.26. The van der Waals surface area contributed by atoms with E-state index in [0.29, 0.717) is 0 Å². The smallest absolute Gasteiger partial charge is 0.128 e. The molecular formula is C17H27N3O. The fourth-order valence-electron chi connectivity index (χ4n) is 3.11. The Labute approximate surface area is 127 Å². The molecule has 0 spiro atoms. The summed E-state index contributed by atoms with van der Waals surface area (Å²) >= 11 is 0. The van der Waals surface area contributed by atoms with E-state index in [0.717, 1.165) is 37.2 Å². The summed E-state index contributed by atoms with van der Waals surface area (Å²) in [4.78, 5) is 7.17. The van der Waals surface area contributed by atoms with Crippen LogP contribution in [0.5, 0.6) is 0 Å². The first-order valence-electron chi connectivity index (χ1n) is 8.06. The molecule has 1 aromatic rings. The van der Waals surface area contributed by atoms with E-state index in [1.807, 2.05) is 0 Å². The number of anilines is 1. The number of pyridine rings is 1. The van der Waals surface area contributed by atoms with Gasteiger partial charge in [-0.3, -0.25) is 0 Å². The van der Waals surface area contributed by atoms with Crippen molar-refractivity contribution in [2.24, 2.45) is 0 Å². The molecule has 0 bridgehead atoms. The number of nitrogens with zero attached hydrogens (tertiary/aromatic N) is 2. The third-order valence-electron chi connectivity index (χ3n) is 4.23. The van der Waals surface area contributed by atoms with Crippen LogP contribution < -0.4 is 10.2 Å². The minimum Gasteiger partial charge on any atom is -0.369 e. The summed E-state index contributed by atoms with van der Waals surface area (Å²) in [6, 6.07) is 5.12. The minimum absolute atomic E-state index is 0.112. The number of nitrogens with one attached hydrogen (secondary N) is 1. The highest BCUT2D eigenvalue weighted by atomic mass is 16.5. The van der Waals surface area contributed by atoms with Crippen molar-refractivity contribution in [3.05, 3.63) is 23.4 Å². The molecule has 1 aliphatic heterocycles. The molecule has 1 saturated carbocycles. The first-order chi connectivity index (χ1) is 9.93. The normalized spacial score (nSPS) is 25.1. The van der Waals surface area contributed by atoms with Crippen molar-refractivity contribution in [2.45, 2.75) is 64.8 Å². The number of rotatable bonds is 4. The first-order valence-corrected chi connectivity index (χ1v) is 8.06. The van der Waals surface area contributed by atoms with Crippen molar-refractivity contribution in [3.63, 3.8) is 0 Å². The van der Waals surface area contributed by atoms with Crippen molar-refractivity contribution in [3.8, 4) is 0 Å². The molecule has 0 amide bonds. The highest BCUT2D eigenvalue weighted by Gasteiger charge is 2.32. The van der Waals surface area contributed by atoms with E-state index in [1.54, 1.807) is 0 Å². The van der Waals surface area contributed by atoms with Gasteiger partial charge < -0.3 is 15.0 Å². The highest BCUT2D eigenvalue weighted by molar-refractivity contribution is 5.43. The fourth-order valence-corrected chi connectivity index (χ4v) is 3.11. The predicted molar refractivity (Wildman–Crippen MR) is 85.7 cm³/mol. The number of morpholine rings is 1. The van der Waals surface area contributed by atoms with Gasteiger partial charge in [0.2, 0.25) is 0 Å². The summed E-state index contributed by atoms with van der Waals surface area (Å²) < 4.78 is 5.97. The van der Waals surface area contributed by atoms with E-state index in [1.165, 1.54) is 18.4 Å². The molecule has 2 aliphatic rings. The molecule has 1 saturated heterocycles. The van der Waals surface area contributed by atoms with E-state index in [-0.39, 0.29) is 11.7 Å². The number of ether oxygens (including phenoxy) is 1. The lowest BCUT2D eigenvalue weighted by molar-refractivity contribution is -0.0751. The Balaban J connectivity index is 1.71. The van der Waals surface area contributed by atoms with Gasteiger partial charge in [-0.1, -0.05) is 6.07 Å². The van der Waals surface area contributed by atoms with Crippen LogP contribution in [0.1, 0.15) is 44.9 Å². The zero-order chi connectivity index (χ0) is 15.0. The maximum Gasteiger partial charge on any atom is 0.128 e. The average Bonchev–Trinajstić information content (AvgIpc) is 3.19. The Morgan fingerprint density at radius 1 is 1.38 bits per heavy atom. The Morgan fingerprint density at radius 3 is 2.76 bits per heavy atom. The van der Waals surface area contributed by atoms with Crippen LogP contribution in [0.2, 0.25) is 0 Å². The summed E-state index contributed by atoms with van der Waals surface area (Å²) in [7, 11) is 0. The summed E-state index contributed by atoms with van der Waals surface area (Å²) in [5, 5.41) is 3.56. The molecule has 1 unspecified atom stereocenters. The van der Waals surface area contributed by atoms with E-state index in [4.69, 9.17) is 9.72 Å². The average molecular weight is 289 g/mol. The van der Waals surface area contributed by atoms with Crippen LogP contribution in [-0.2, 0) is 11.3 Å². The van der Waals surface area contributed by atoms with Gasteiger partial charge in [-0.15, -0.1) is 0 Å². The summed E-state index contributed by atoms with van der Waals surface area (Å²) in [6.07, 6.45) is 2.89. The van der Waals surface area contributed by atoms with Crippen LogP contribution in [0.15, 0.2) is 12.1 Å². The SMILES string of the molecule is Cc1nc(N2CC(C)OC(C)(C)C2)ccc1CNC1CC1. The van der Waals surface area contributed by atoms with Crippen LogP contribution in [0.3, 0.4) is 0 Å². The van der Waals surface area contributed by atoms with Gasteiger partial charge in [-0.05, 0) is 52.2 Å². The van der Waals surface area contributed by atoms with E-state index >= 15 is 0 Å². The van der Waals surface area contributed by atoms with E-state index < -0.39 is 0 Å². The monoisotopic (exact) mass is 289 g/mol. The van der Waals surface area contributed by atoms with Gasteiger partial charge in [-0.2, -0.15) is 0 Å². The van der Waals surface area contributed by atoms with E-state index in [9.17, 15) is 0 Å². The second-order valence-electron chi connectivity index (χ2n) is 7.14. The Morgan fingerprint density at radius 2 is 2.14 bits per heavy atom. The van der Waals surface area contributed by atoms with Crippen molar-refractivity contribution >= 4 is 5.82 Å². The quantitative estimate of drug-likeness (QED) is 0.924. The van der Waals surface area contributed by atoms with Crippen molar-refractivity contribution in [1.29, 1.82) is 0 Å². The second kappa shape index (κ2) is 5.58. The molecule has 2 heterocycles. The van der Waals surface area contributed by atoms with Gasteiger partial charge in [0.15, 0.2) is 0 Å². The Bertz CT molecular complexity index is 511. The zero-order valence-electron chi connectivity index (χ0n) is 13.6.